The number of rotatable bonds is 9. The van der Waals surface area contributed by atoms with Gasteiger partial charge < -0.3 is 14.7 Å². The van der Waals surface area contributed by atoms with Gasteiger partial charge in [-0.15, -0.1) is 0 Å². The molecule has 1 fully saturated rings. The van der Waals surface area contributed by atoms with Crippen LogP contribution in [0.15, 0.2) is 59.4 Å². The SMILES string of the molecule is CCn1c(COc2cccc(CC(=O)N3CCC[C@@H]3C(=O)O)c2)nn(Cc2ccccc2)c1=O. The number of carbonyl (C=O) groups excluding carboxylic acids is 1. The number of benzene rings is 2. The summed E-state index contributed by atoms with van der Waals surface area (Å²) in [5.74, 6) is -0.0985. The summed E-state index contributed by atoms with van der Waals surface area (Å²) in [5.41, 5.74) is 1.53. The Kier molecular flexibility index (Phi) is 7.10. The molecule has 178 valence electrons. The maximum absolute atomic E-state index is 12.7. The highest BCUT2D eigenvalue weighted by Gasteiger charge is 2.33. The van der Waals surface area contributed by atoms with E-state index in [0.717, 1.165) is 11.1 Å². The van der Waals surface area contributed by atoms with Crippen LogP contribution in [-0.2, 0) is 35.7 Å². The van der Waals surface area contributed by atoms with Crippen molar-refractivity contribution in [1.29, 1.82) is 0 Å². The van der Waals surface area contributed by atoms with Gasteiger partial charge in [0.25, 0.3) is 0 Å². The minimum absolute atomic E-state index is 0.104. The standard InChI is InChI=1S/C25H28N4O5/c1-2-27-22(26-29(25(27)33)16-18-8-4-3-5-9-18)17-34-20-11-6-10-19(14-20)15-23(30)28-13-7-12-21(28)24(31)32/h3-6,8-11,14,21H,2,7,12-13,15-17H2,1H3,(H,31,32)/t21-/m1/s1. The molecule has 3 aromatic rings. The number of amides is 1. The number of carboxylic acid groups (broad SMARTS) is 1. The molecular weight excluding hydrogens is 436 g/mol. The second-order valence-electron chi connectivity index (χ2n) is 8.28. The van der Waals surface area contributed by atoms with E-state index in [2.05, 4.69) is 5.10 Å². The third-order valence-corrected chi connectivity index (χ3v) is 5.97. The first-order valence-electron chi connectivity index (χ1n) is 11.4. The second kappa shape index (κ2) is 10.4. The summed E-state index contributed by atoms with van der Waals surface area (Å²) in [4.78, 5) is 38.2. The Bertz CT molecular complexity index is 1220. The number of aliphatic carboxylic acids is 1. The van der Waals surface area contributed by atoms with Crippen LogP contribution in [0.4, 0.5) is 0 Å². The van der Waals surface area contributed by atoms with Gasteiger partial charge in [-0.2, -0.15) is 5.10 Å². The topological polar surface area (TPSA) is 107 Å². The summed E-state index contributed by atoms with van der Waals surface area (Å²) in [6, 6.07) is 16.1. The number of carboxylic acids is 1. The van der Waals surface area contributed by atoms with Gasteiger partial charge >= 0.3 is 11.7 Å². The largest absolute Gasteiger partial charge is 0.486 e. The van der Waals surface area contributed by atoms with Crippen molar-refractivity contribution in [2.45, 2.75) is 51.9 Å². The fourth-order valence-corrected chi connectivity index (χ4v) is 4.26. The smallest absolute Gasteiger partial charge is 0.346 e. The molecule has 0 spiro atoms. The molecule has 1 aliphatic rings. The molecule has 4 rings (SSSR count). The summed E-state index contributed by atoms with van der Waals surface area (Å²) in [6.07, 6.45) is 1.29. The lowest BCUT2D eigenvalue weighted by molar-refractivity contribution is -0.148. The highest BCUT2D eigenvalue weighted by molar-refractivity contribution is 5.85. The fourth-order valence-electron chi connectivity index (χ4n) is 4.26. The molecule has 1 aliphatic heterocycles. The third-order valence-electron chi connectivity index (χ3n) is 5.97. The third kappa shape index (κ3) is 5.19. The molecule has 2 heterocycles. The van der Waals surface area contributed by atoms with Gasteiger partial charge in [0.15, 0.2) is 5.82 Å². The van der Waals surface area contributed by atoms with Gasteiger partial charge in [0.1, 0.15) is 18.4 Å². The Morgan fingerprint density at radius 1 is 1.12 bits per heavy atom. The molecule has 2 aromatic carbocycles. The number of likely N-dealkylation sites (tertiary alicyclic amines) is 1. The minimum atomic E-state index is -0.961. The molecule has 0 saturated carbocycles. The molecule has 0 aliphatic carbocycles. The Morgan fingerprint density at radius 2 is 1.88 bits per heavy atom. The van der Waals surface area contributed by atoms with Crippen molar-refractivity contribution in [3.8, 4) is 5.75 Å². The maximum atomic E-state index is 12.7. The van der Waals surface area contributed by atoms with Gasteiger partial charge in [-0.3, -0.25) is 9.36 Å². The minimum Gasteiger partial charge on any atom is -0.486 e. The molecule has 0 radical (unpaired) electrons. The Labute approximate surface area is 197 Å². The van der Waals surface area contributed by atoms with E-state index in [9.17, 15) is 19.5 Å². The van der Waals surface area contributed by atoms with Gasteiger partial charge in [-0.1, -0.05) is 42.5 Å². The lowest BCUT2D eigenvalue weighted by atomic mass is 10.1. The van der Waals surface area contributed by atoms with Crippen molar-refractivity contribution in [2.24, 2.45) is 0 Å². The molecule has 9 heteroatoms. The predicted octanol–water partition coefficient (Wildman–Crippen LogP) is 2.31. The fraction of sp³-hybridized carbons (Fsp3) is 0.360. The van der Waals surface area contributed by atoms with Crippen molar-refractivity contribution in [1.82, 2.24) is 19.2 Å². The van der Waals surface area contributed by atoms with Crippen LogP contribution in [0.2, 0.25) is 0 Å². The average Bonchev–Trinajstić information content (AvgIpc) is 3.44. The molecule has 1 aromatic heterocycles. The van der Waals surface area contributed by atoms with Crippen LogP contribution < -0.4 is 10.4 Å². The average molecular weight is 465 g/mol. The van der Waals surface area contributed by atoms with Gasteiger partial charge in [-0.25, -0.2) is 14.3 Å². The first-order chi connectivity index (χ1) is 16.5. The van der Waals surface area contributed by atoms with Gasteiger partial charge in [0, 0.05) is 13.1 Å². The lowest BCUT2D eigenvalue weighted by Crippen LogP contribution is -2.41. The van der Waals surface area contributed by atoms with E-state index in [1.807, 2.05) is 43.3 Å². The Balaban J connectivity index is 1.43. The van der Waals surface area contributed by atoms with Crippen molar-refractivity contribution < 1.29 is 19.4 Å². The lowest BCUT2D eigenvalue weighted by Gasteiger charge is -2.21. The summed E-state index contributed by atoms with van der Waals surface area (Å²) >= 11 is 0. The summed E-state index contributed by atoms with van der Waals surface area (Å²) < 4.78 is 8.92. The van der Waals surface area contributed by atoms with E-state index in [1.54, 1.807) is 22.8 Å². The van der Waals surface area contributed by atoms with Crippen molar-refractivity contribution in [3.63, 3.8) is 0 Å². The first-order valence-corrected chi connectivity index (χ1v) is 11.4. The normalized spacial score (nSPS) is 15.4. The molecule has 0 bridgehead atoms. The van der Waals surface area contributed by atoms with Crippen molar-refractivity contribution in [2.75, 3.05) is 6.54 Å². The summed E-state index contributed by atoms with van der Waals surface area (Å²) in [6.45, 7) is 3.31. The molecule has 1 atom stereocenters. The number of aromatic nitrogens is 3. The van der Waals surface area contributed by atoms with Crippen LogP contribution in [0.5, 0.6) is 5.75 Å². The monoisotopic (exact) mass is 464 g/mol. The molecule has 9 nitrogen and oxygen atoms in total. The summed E-state index contributed by atoms with van der Waals surface area (Å²) in [7, 11) is 0. The maximum Gasteiger partial charge on any atom is 0.346 e. The quantitative estimate of drug-likeness (QED) is 0.521. The molecular formula is C25H28N4O5. The predicted molar refractivity (Wildman–Crippen MR) is 125 cm³/mol. The van der Waals surface area contributed by atoms with E-state index in [-0.39, 0.29) is 24.6 Å². The highest BCUT2D eigenvalue weighted by atomic mass is 16.5. The molecule has 1 N–H and O–H groups in total. The zero-order valence-corrected chi connectivity index (χ0v) is 19.1. The van der Waals surface area contributed by atoms with E-state index in [0.29, 0.717) is 44.0 Å². The second-order valence-corrected chi connectivity index (χ2v) is 8.28. The van der Waals surface area contributed by atoms with Crippen LogP contribution in [0.3, 0.4) is 0 Å². The van der Waals surface area contributed by atoms with Crippen LogP contribution in [-0.4, -0.2) is 48.8 Å². The Morgan fingerprint density at radius 3 is 2.62 bits per heavy atom. The van der Waals surface area contributed by atoms with Crippen LogP contribution in [0.25, 0.3) is 0 Å². The van der Waals surface area contributed by atoms with Crippen molar-refractivity contribution in [3.05, 3.63) is 82.0 Å². The van der Waals surface area contributed by atoms with E-state index in [4.69, 9.17) is 4.74 Å². The number of nitrogens with zero attached hydrogens (tertiary/aromatic N) is 4. The summed E-state index contributed by atoms with van der Waals surface area (Å²) in [5, 5.41) is 13.8. The van der Waals surface area contributed by atoms with Crippen molar-refractivity contribution >= 4 is 11.9 Å². The van der Waals surface area contributed by atoms with Gasteiger partial charge in [0.05, 0.1) is 13.0 Å². The molecule has 1 amide bonds. The molecule has 34 heavy (non-hydrogen) atoms. The number of hydrogen-bond donors (Lipinski definition) is 1. The van der Waals surface area contributed by atoms with E-state index < -0.39 is 12.0 Å². The van der Waals surface area contributed by atoms with Crippen LogP contribution in [0, 0.1) is 0 Å². The zero-order valence-electron chi connectivity index (χ0n) is 19.1. The first kappa shape index (κ1) is 23.3. The van der Waals surface area contributed by atoms with E-state index >= 15 is 0 Å². The number of hydrogen-bond acceptors (Lipinski definition) is 5. The van der Waals surface area contributed by atoms with Crippen LogP contribution >= 0.6 is 0 Å². The van der Waals surface area contributed by atoms with Gasteiger partial charge in [0.2, 0.25) is 5.91 Å². The Hall–Kier alpha value is -3.88. The molecule has 0 unspecified atom stereocenters. The zero-order chi connectivity index (χ0) is 24.1. The van der Waals surface area contributed by atoms with E-state index in [1.165, 1.54) is 9.58 Å². The number of carbonyl (C=O) groups is 2. The highest BCUT2D eigenvalue weighted by Crippen LogP contribution is 2.21. The molecule has 1 saturated heterocycles. The van der Waals surface area contributed by atoms with Gasteiger partial charge in [-0.05, 0) is 43.0 Å². The van der Waals surface area contributed by atoms with Crippen LogP contribution in [0.1, 0.15) is 36.7 Å². The number of ether oxygens (including phenoxy) is 1.